The zero-order chi connectivity index (χ0) is 16.7. The van der Waals surface area contributed by atoms with E-state index in [-0.39, 0.29) is 30.3 Å². The molecule has 1 fully saturated rings. The summed E-state index contributed by atoms with van der Waals surface area (Å²) < 4.78 is 10.4. The summed E-state index contributed by atoms with van der Waals surface area (Å²) in [5.74, 6) is 0.431. The van der Waals surface area contributed by atoms with E-state index < -0.39 is 0 Å². The van der Waals surface area contributed by atoms with Crippen LogP contribution in [0.1, 0.15) is 31.2 Å². The van der Waals surface area contributed by atoms with Crippen LogP contribution in [-0.2, 0) is 14.3 Å². The number of nitrogens with one attached hydrogen (secondary N) is 1. The highest BCUT2D eigenvalue weighted by atomic mass is 16.5. The Morgan fingerprint density at radius 2 is 1.96 bits per heavy atom. The molecule has 1 saturated carbocycles. The number of ether oxygens (including phenoxy) is 2. The topological polar surface area (TPSA) is 64.6 Å². The van der Waals surface area contributed by atoms with E-state index in [1.54, 1.807) is 0 Å². The van der Waals surface area contributed by atoms with E-state index in [2.05, 4.69) is 5.32 Å². The van der Waals surface area contributed by atoms with Gasteiger partial charge in [0.1, 0.15) is 5.75 Å². The maximum atomic E-state index is 12.0. The minimum atomic E-state index is -0.167. The summed E-state index contributed by atoms with van der Waals surface area (Å²) in [6.45, 7) is 2.42. The fraction of sp³-hybridized carbons (Fsp3) is 0.556. The molecule has 2 rings (SSSR count). The molecule has 0 saturated heterocycles. The second-order valence-corrected chi connectivity index (χ2v) is 6.03. The van der Waals surface area contributed by atoms with Crippen molar-refractivity contribution in [3.63, 3.8) is 0 Å². The Morgan fingerprint density at radius 3 is 2.70 bits per heavy atom. The number of rotatable bonds is 6. The highest BCUT2D eigenvalue weighted by Gasteiger charge is 2.31. The van der Waals surface area contributed by atoms with Gasteiger partial charge in [0.2, 0.25) is 0 Å². The third kappa shape index (κ3) is 4.98. The summed E-state index contributed by atoms with van der Waals surface area (Å²) in [5, 5.41) is 2.88. The number of carbonyl (C=O) groups is 2. The van der Waals surface area contributed by atoms with Crippen LogP contribution in [0.15, 0.2) is 24.3 Å². The van der Waals surface area contributed by atoms with Crippen molar-refractivity contribution in [2.24, 2.45) is 11.8 Å². The van der Waals surface area contributed by atoms with Gasteiger partial charge in [0.15, 0.2) is 6.61 Å². The van der Waals surface area contributed by atoms with Crippen LogP contribution in [0.5, 0.6) is 5.75 Å². The predicted octanol–water partition coefficient (Wildman–Crippen LogP) is 2.47. The van der Waals surface area contributed by atoms with E-state index in [1.807, 2.05) is 31.2 Å². The maximum absolute atomic E-state index is 12.0. The van der Waals surface area contributed by atoms with Crippen molar-refractivity contribution in [3.8, 4) is 5.75 Å². The molecule has 5 nitrogen and oxygen atoms in total. The van der Waals surface area contributed by atoms with Crippen LogP contribution in [0, 0.1) is 18.8 Å². The molecule has 1 N–H and O–H groups in total. The lowest BCUT2D eigenvalue weighted by atomic mass is 9.79. The van der Waals surface area contributed by atoms with Gasteiger partial charge >= 0.3 is 5.97 Å². The molecular weight excluding hydrogens is 294 g/mol. The normalized spacial score (nSPS) is 20.6. The Labute approximate surface area is 137 Å². The summed E-state index contributed by atoms with van der Waals surface area (Å²) in [6, 6.07) is 7.59. The average molecular weight is 319 g/mol. The molecule has 0 aromatic heterocycles. The van der Waals surface area contributed by atoms with Crippen LogP contribution in [0.25, 0.3) is 0 Å². The second-order valence-electron chi connectivity index (χ2n) is 6.03. The number of para-hydroxylation sites is 1. The van der Waals surface area contributed by atoms with Crippen molar-refractivity contribution in [2.45, 2.75) is 32.6 Å². The van der Waals surface area contributed by atoms with Crippen molar-refractivity contribution in [1.29, 1.82) is 0 Å². The molecule has 1 amide bonds. The molecule has 2 unspecified atom stereocenters. The fourth-order valence-corrected chi connectivity index (χ4v) is 3.07. The molecule has 1 aliphatic rings. The Morgan fingerprint density at radius 1 is 1.22 bits per heavy atom. The number of hydrogen-bond acceptors (Lipinski definition) is 4. The van der Waals surface area contributed by atoms with Crippen LogP contribution < -0.4 is 10.1 Å². The van der Waals surface area contributed by atoms with Crippen molar-refractivity contribution in [1.82, 2.24) is 5.32 Å². The summed E-state index contributed by atoms with van der Waals surface area (Å²) in [5.41, 5.74) is 0.998. The molecular formula is C18H25NO4. The Bertz CT molecular complexity index is 544. The molecule has 5 heteroatoms. The number of methoxy groups -OCH3 is 1. The SMILES string of the molecule is COC(=O)C1CCCCC1CNC(=O)COc1ccccc1C. The number of esters is 1. The first-order valence-corrected chi connectivity index (χ1v) is 8.14. The summed E-state index contributed by atoms with van der Waals surface area (Å²) in [4.78, 5) is 23.8. The predicted molar refractivity (Wildman–Crippen MR) is 87.1 cm³/mol. The molecule has 2 atom stereocenters. The summed E-state index contributed by atoms with van der Waals surface area (Å²) in [7, 11) is 1.42. The van der Waals surface area contributed by atoms with Gasteiger partial charge in [0.25, 0.3) is 5.91 Å². The average Bonchev–Trinajstić information content (AvgIpc) is 2.58. The second kappa shape index (κ2) is 8.56. The van der Waals surface area contributed by atoms with Gasteiger partial charge in [-0.2, -0.15) is 0 Å². The van der Waals surface area contributed by atoms with Crippen LogP contribution in [0.4, 0.5) is 0 Å². The molecule has 0 heterocycles. The standard InChI is InChI=1S/C18H25NO4/c1-13-7-3-6-10-16(13)23-12-17(20)19-11-14-8-4-5-9-15(14)18(21)22-2/h3,6-7,10,14-15H,4-5,8-9,11-12H2,1-2H3,(H,19,20). The number of amides is 1. The third-order valence-corrected chi connectivity index (χ3v) is 4.43. The smallest absolute Gasteiger partial charge is 0.309 e. The number of aryl methyl sites for hydroxylation is 1. The van der Waals surface area contributed by atoms with Crippen LogP contribution in [0.2, 0.25) is 0 Å². The molecule has 0 aliphatic heterocycles. The van der Waals surface area contributed by atoms with Crippen molar-refractivity contribution >= 4 is 11.9 Å². The molecule has 23 heavy (non-hydrogen) atoms. The van der Waals surface area contributed by atoms with Gasteiger partial charge in [0.05, 0.1) is 13.0 Å². The number of carbonyl (C=O) groups excluding carboxylic acids is 2. The molecule has 0 spiro atoms. The van der Waals surface area contributed by atoms with Gasteiger partial charge in [-0.1, -0.05) is 31.0 Å². The lowest BCUT2D eigenvalue weighted by Crippen LogP contribution is -2.39. The monoisotopic (exact) mass is 319 g/mol. The molecule has 0 bridgehead atoms. The van der Waals surface area contributed by atoms with E-state index >= 15 is 0 Å². The summed E-state index contributed by atoms with van der Waals surface area (Å²) >= 11 is 0. The highest BCUT2D eigenvalue weighted by Crippen LogP contribution is 2.30. The Hall–Kier alpha value is -2.04. The first kappa shape index (κ1) is 17.3. The van der Waals surface area contributed by atoms with Crippen LogP contribution in [-0.4, -0.2) is 32.1 Å². The van der Waals surface area contributed by atoms with E-state index in [4.69, 9.17) is 9.47 Å². The fourth-order valence-electron chi connectivity index (χ4n) is 3.07. The van der Waals surface area contributed by atoms with Gasteiger partial charge in [-0.25, -0.2) is 0 Å². The molecule has 1 aromatic rings. The zero-order valence-corrected chi connectivity index (χ0v) is 13.8. The quantitative estimate of drug-likeness (QED) is 0.818. The van der Waals surface area contributed by atoms with Gasteiger partial charge in [-0.15, -0.1) is 0 Å². The van der Waals surface area contributed by atoms with E-state index in [9.17, 15) is 9.59 Å². The van der Waals surface area contributed by atoms with E-state index in [1.165, 1.54) is 7.11 Å². The van der Waals surface area contributed by atoms with Crippen LogP contribution >= 0.6 is 0 Å². The number of benzene rings is 1. The highest BCUT2D eigenvalue weighted by molar-refractivity contribution is 5.78. The largest absolute Gasteiger partial charge is 0.484 e. The lowest BCUT2D eigenvalue weighted by Gasteiger charge is -2.29. The van der Waals surface area contributed by atoms with Gasteiger partial charge in [-0.3, -0.25) is 9.59 Å². The first-order valence-electron chi connectivity index (χ1n) is 8.14. The zero-order valence-electron chi connectivity index (χ0n) is 13.8. The molecule has 0 radical (unpaired) electrons. The molecule has 126 valence electrons. The molecule has 1 aromatic carbocycles. The van der Waals surface area contributed by atoms with E-state index in [0.717, 1.165) is 31.2 Å². The molecule has 1 aliphatic carbocycles. The Balaban J connectivity index is 1.79. The van der Waals surface area contributed by atoms with Gasteiger partial charge in [0, 0.05) is 6.54 Å². The minimum Gasteiger partial charge on any atom is -0.484 e. The van der Waals surface area contributed by atoms with Crippen molar-refractivity contribution in [2.75, 3.05) is 20.3 Å². The van der Waals surface area contributed by atoms with Gasteiger partial charge in [-0.05, 0) is 37.3 Å². The third-order valence-electron chi connectivity index (χ3n) is 4.43. The number of hydrogen-bond donors (Lipinski definition) is 1. The maximum Gasteiger partial charge on any atom is 0.309 e. The lowest BCUT2D eigenvalue weighted by molar-refractivity contribution is -0.148. The summed E-state index contributed by atoms with van der Waals surface area (Å²) in [6.07, 6.45) is 3.92. The first-order chi connectivity index (χ1) is 11.1. The van der Waals surface area contributed by atoms with Crippen molar-refractivity contribution < 1.29 is 19.1 Å². The van der Waals surface area contributed by atoms with E-state index in [0.29, 0.717) is 12.3 Å². The van der Waals surface area contributed by atoms with Crippen molar-refractivity contribution in [3.05, 3.63) is 29.8 Å². The van der Waals surface area contributed by atoms with Gasteiger partial charge < -0.3 is 14.8 Å². The van der Waals surface area contributed by atoms with Crippen LogP contribution in [0.3, 0.4) is 0 Å². The minimum absolute atomic E-state index is 0.0134. The Kier molecular flexibility index (Phi) is 6.44.